The summed E-state index contributed by atoms with van der Waals surface area (Å²) < 4.78 is 5.37. The highest BCUT2D eigenvalue weighted by atomic mass is 16.5. The monoisotopic (exact) mass is 286 g/mol. The Kier molecular flexibility index (Phi) is 3.14. The molecular formula is C17H22N2O2. The lowest BCUT2D eigenvalue weighted by atomic mass is 9.84. The predicted molar refractivity (Wildman–Crippen MR) is 80.5 cm³/mol. The molecule has 4 unspecified atom stereocenters. The molecule has 4 aliphatic heterocycles. The van der Waals surface area contributed by atoms with Crippen LogP contribution in [0.5, 0.6) is 5.75 Å². The molecule has 0 spiro atoms. The number of hydrogen-bond donors (Lipinski definition) is 0. The summed E-state index contributed by atoms with van der Waals surface area (Å²) in [6, 6.07) is 7.97. The van der Waals surface area contributed by atoms with Crippen LogP contribution in [0.25, 0.3) is 0 Å². The Labute approximate surface area is 125 Å². The van der Waals surface area contributed by atoms with Crippen LogP contribution in [0.15, 0.2) is 24.3 Å². The number of nitrogens with zero attached hydrogens (tertiary/aromatic N) is 2. The first-order chi connectivity index (χ1) is 10.2. The van der Waals surface area contributed by atoms with E-state index in [1.807, 2.05) is 24.3 Å². The zero-order valence-corrected chi connectivity index (χ0v) is 12.5. The van der Waals surface area contributed by atoms with Crippen LogP contribution in [-0.2, 0) is 0 Å². The van der Waals surface area contributed by atoms with Crippen molar-refractivity contribution in [2.24, 2.45) is 11.8 Å². The predicted octanol–water partition coefficient (Wildman–Crippen LogP) is 1.86. The van der Waals surface area contributed by atoms with E-state index in [0.717, 1.165) is 19.0 Å². The summed E-state index contributed by atoms with van der Waals surface area (Å²) in [4.78, 5) is 17.7. The molecule has 0 N–H and O–H groups in total. The largest absolute Gasteiger partial charge is 0.496 e. The number of piperidine rings is 2. The van der Waals surface area contributed by atoms with E-state index in [4.69, 9.17) is 4.74 Å². The molecule has 0 aliphatic carbocycles. The summed E-state index contributed by atoms with van der Waals surface area (Å²) in [5, 5.41) is 0. The molecule has 1 aromatic rings. The number of rotatable bonds is 2. The Morgan fingerprint density at radius 2 is 1.90 bits per heavy atom. The van der Waals surface area contributed by atoms with Gasteiger partial charge in [0, 0.05) is 32.2 Å². The van der Waals surface area contributed by atoms with E-state index < -0.39 is 0 Å². The molecule has 0 saturated carbocycles. The molecule has 1 aromatic carbocycles. The Morgan fingerprint density at radius 3 is 2.71 bits per heavy atom. The normalized spacial score (nSPS) is 33.9. The van der Waals surface area contributed by atoms with E-state index in [-0.39, 0.29) is 5.91 Å². The van der Waals surface area contributed by atoms with Crippen LogP contribution in [0, 0.1) is 11.8 Å². The second kappa shape index (κ2) is 5.02. The van der Waals surface area contributed by atoms with Gasteiger partial charge < -0.3 is 14.5 Å². The zero-order chi connectivity index (χ0) is 14.4. The second-order valence-corrected chi connectivity index (χ2v) is 6.73. The van der Waals surface area contributed by atoms with Gasteiger partial charge in [-0.25, -0.2) is 0 Å². The molecule has 4 atom stereocenters. The van der Waals surface area contributed by atoms with Crippen molar-refractivity contribution in [3.05, 3.63) is 29.8 Å². The van der Waals surface area contributed by atoms with Gasteiger partial charge in [0.15, 0.2) is 0 Å². The highest BCUT2D eigenvalue weighted by molar-refractivity contribution is 5.97. The number of methoxy groups -OCH3 is 1. The zero-order valence-electron chi connectivity index (χ0n) is 12.5. The molecule has 1 amide bonds. The molecule has 112 valence electrons. The molecule has 4 heteroatoms. The van der Waals surface area contributed by atoms with Gasteiger partial charge in [-0.1, -0.05) is 12.1 Å². The first-order valence-electron chi connectivity index (χ1n) is 7.91. The van der Waals surface area contributed by atoms with Gasteiger partial charge in [0.05, 0.1) is 12.7 Å². The van der Waals surface area contributed by atoms with Gasteiger partial charge in [-0.3, -0.25) is 4.79 Å². The topological polar surface area (TPSA) is 32.8 Å². The molecule has 0 aromatic heterocycles. The van der Waals surface area contributed by atoms with Gasteiger partial charge in [0.2, 0.25) is 0 Å². The maximum absolute atomic E-state index is 13.0. The lowest BCUT2D eigenvalue weighted by Gasteiger charge is -2.41. The highest BCUT2D eigenvalue weighted by Gasteiger charge is 2.43. The third-order valence-electron chi connectivity index (χ3n) is 5.27. The lowest BCUT2D eigenvalue weighted by molar-refractivity contribution is 0.0571. The Hall–Kier alpha value is -1.55. The van der Waals surface area contributed by atoms with E-state index in [1.165, 1.54) is 25.9 Å². The second-order valence-electron chi connectivity index (χ2n) is 6.73. The molecule has 4 saturated heterocycles. The van der Waals surface area contributed by atoms with Crippen LogP contribution in [0.3, 0.4) is 0 Å². The van der Waals surface area contributed by atoms with Gasteiger partial charge in [-0.05, 0) is 36.8 Å². The molecule has 0 radical (unpaired) electrons. The van der Waals surface area contributed by atoms with Gasteiger partial charge >= 0.3 is 0 Å². The number of hydrogen-bond acceptors (Lipinski definition) is 3. The van der Waals surface area contributed by atoms with E-state index in [1.54, 1.807) is 7.11 Å². The van der Waals surface area contributed by atoms with Crippen molar-refractivity contribution >= 4 is 5.91 Å². The van der Waals surface area contributed by atoms with Crippen LogP contribution in [0.1, 0.15) is 23.2 Å². The van der Waals surface area contributed by atoms with Crippen molar-refractivity contribution < 1.29 is 9.53 Å². The van der Waals surface area contributed by atoms with E-state index in [0.29, 0.717) is 23.3 Å². The van der Waals surface area contributed by atoms with Crippen molar-refractivity contribution in [2.45, 2.75) is 18.9 Å². The minimum Gasteiger partial charge on any atom is -0.496 e. The van der Waals surface area contributed by atoms with Crippen molar-refractivity contribution in [1.82, 2.24) is 9.80 Å². The summed E-state index contributed by atoms with van der Waals surface area (Å²) in [6.45, 7) is 4.37. The summed E-state index contributed by atoms with van der Waals surface area (Å²) in [7, 11) is 1.63. The Bertz CT molecular complexity index is 545. The average molecular weight is 286 g/mol. The first kappa shape index (κ1) is 13.1. The number of para-hydroxylation sites is 1. The van der Waals surface area contributed by atoms with Crippen molar-refractivity contribution in [1.29, 1.82) is 0 Å². The molecular weight excluding hydrogens is 264 g/mol. The van der Waals surface area contributed by atoms with Gasteiger partial charge in [0.1, 0.15) is 5.75 Å². The molecule has 4 aliphatic rings. The first-order valence-corrected chi connectivity index (χ1v) is 7.91. The lowest BCUT2D eigenvalue weighted by Crippen LogP contribution is -2.50. The summed E-state index contributed by atoms with van der Waals surface area (Å²) in [5.74, 6) is 2.27. The number of carbonyl (C=O) groups excluding carboxylic acids is 1. The fourth-order valence-electron chi connectivity index (χ4n) is 4.51. The van der Waals surface area contributed by atoms with E-state index >= 15 is 0 Å². The van der Waals surface area contributed by atoms with Crippen molar-refractivity contribution in [3.63, 3.8) is 0 Å². The number of ether oxygens (including phenoxy) is 1. The minimum absolute atomic E-state index is 0.145. The van der Waals surface area contributed by atoms with Crippen LogP contribution in [0.4, 0.5) is 0 Å². The van der Waals surface area contributed by atoms with Crippen molar-refractivity contribution in [3.8, 4) is 5.75 Å². The van der Waals surface area contributed by atoms with E-state index in [2.05, 4.69) is 9.80 Å². The quantitative estimate of drug-likeness (QED) is 0.832. The summed E-state index contributed by atoms with van der Waals surface area (Å²) in [6.07, 6.45) is 2.47. The summed E-state index contributed by atoms with van der Waals surface area (Å²) >= 11 is 0. The SMILES string of the molecule is COc1ccccc1C(=O)N1CC2CC3CC1CN(C3)C2. The molecule has 5 rings (SSSR count). The third-order valence-corrected chi connectivity index (χ3v) is 5.27. The Balaban J connectivity index is 1.65. The summed E-state index contributed by atoms with van der Waals surface area (Å²) in [5.41, 5.74) is 0.705. The maximum Gasteiger partial charge on any atom is 0.257 e. The van der Waals surface area contributed by atoms with Crippen LogP contribution in [-0.4, -0.2) is 55.0 Å². The Morgan fingerprint density at radius 1 is 1.10 bits per heavy atom. The van der Waals surface area contributed by atoms with Crippen LogP contribution < -0.4 is 4.74 Å². The highest BCUT2D eigenvalue weighted by Crippen LogP contribution is 2.37. The number of fused-ring (bicyclic) bond motifs is 1. The number of carbonyl (C=O) groups is 1. The van der Waals surface area contributed by atoms with Crippen LogP contribution in [0.2, 0.25) is 0 Å². The van der Waals surface area contributed by atoms with Gasteiger partial charge in [-0.2, -0.15) is 0 Å². The fraction of sp³-hybridized carbons (Fsp3) is 0.588. The number of amides is 1. The molecule has 21 heavy (non-hydrogen) atoms. The van der Waals surface area contributed by atoms with Crippen molar-refractivity contribution in [2.75, 3.05) is 33.3 Å². The molecule has 4 nitrogen and oxygen atoms in total. The number of benzene rings is 1. The molecule has 4 fully saturated rings. The van der Waals surface area contributed by atoms with Crippen LogP contribution >= 0.6 is 0 Å². The molecule has 4 bridgehead atoms. The van der Waals surface area contributed by atoms with Gasteiger partial charge in [0.25, 0.3) is 5.91 Å². The third kappa shape index (κ3) is 2.22. The minimum atomic E-state index is 0.145. The fourth-order valence-corrected chi connectivity index (χ4v) is 4.51. The smallest absolute Gasteiger partial charge is 0.257 e. The van der Waals surface area contributed by atoms with E-state index in [9.17, 15) is 4.79 Å². The maximum atomic E-state index is 13.0. The standard InChI is InChI=1S/C17H22N2O2/c1-21-16-5-3-2-4-15(16)17(20)19-10-13-6-12-7-14(19)11-18(8-12)9-13/h2-5,12-14H,6-11H2,1H3. The average Bonchev–Trinajstić information content (AvgIpc) is 2.70. The molecule has 4 heterocycles. The van der Waals surface area contributed by atoms with Gasteiger partial charge in [-0.15, -0.1) is 0 Å².